The van der Waals surface area contributed by atoms with Gasteiger partial charge in [-0.3, -0.25) is 4.52 Å². The molecule has 1 aliphatic rings. The maximum Gasteiger partial charge on any atom is 0.339 e. The number of rotatable bonds is 2. The summed E-state index contributed by atoms with van der Waals surface area (Å²) in [7, 11) is 0. The van der Waals surface area contributed by atoms with Gasteiger partial charge in [-0.1, -0.05) is 6.92 Å². The minimum atomic E-state index is 0.170. The average Bonchev–Trinajstić information content (AvgIpc) is 2.68. The molecular weight excluding hydrogens is 196 g/mol. The van der Waals surface area contributed by atoms with Gasteiger partial charge in [-0.25, -0.2) is 5.28 Å². The minimum absolute atomic E-state index is 0.170. The second-order valence-electron chi connectivity index (χ2n) is 4.12. The van der Waals surface area contributed by atoms with Gasteiger partial charge in [0.25, 0.3) is 6.20 Å². The fourth-order valence-corrected chi connectivity index (χ4v) is 2.01. The van der Waals surface area contributed by atoms with Crippen molar-refractivity contribution in [1.82, 2.24) is 5.27 Å². The fraction of sp³-hybridized carbons (Fsp3) is 0.778. The molecule has 0 atom stereocenters. The number of nitrogens with zero attached hydrogens (tertiary/aromatic N) is 4. The van der Waals surface area contributed by atoms with Crippen LogP contribution in [0.1, 0.15) is 38.6 Å². The van der Waals surface area contributed by atoms with E-state index in [2.05, 4.69) is 22.6 Å². The summed E-state index contributed by atoms with van der Waals surface area (Å²) in [6.07, 6.45) is 6.26. The third kappa shape index (κ3) is 2.31. The van der Waals surface area contributed by atoms with Crippen molar-refractivity contribution in [2.45, 2.75) is 38.6 Å². The van der Waals surface area contributed by atoms with Crippen LogP contribution in [0.15, 0.2) is 21.1 Å². The molecule has 0 saturated heterocycles. The van der Waals surface area contributed by atoms with Crippen molar-refractivity contribution < 1.29 is 9.20 Å². The Bertz CT molecular complexity index is 342. The highest BCUT2D eigenvalue weighted by atomic mass is 16.5. The Balaban J connectivity index is 2.03. The van der Waals surface area contributed by atoms with E-state index in [1.807, 2.05) is 0 Å². The van der Waals surface area contributed by atoms with Gasteiger partial charge in [0.15, 0.2) is 6.04 Å². The van der Waals surface area contributed by atoms with Gasteiger partial charge in [0, 0.05) is 12.8 Å². The first kappa shape index (κ1) is 10.1. The molecule has 6 heteroatoms. The van der Waals surface area contributed by atoms with Crippen LogP contribution in [-0.2, 0) is 0 Å². The SMILES string of the molecule is CC1CCC([n+]2cc(/N=N/[O-])on2)CC1. The van der Waals surface area contributed by atoms with Gasteiger partial charge in [0.2, 0.25) is 5.27 Å². The van der Waals surface area contributed by atoms with Crippen LogP contribution in [0.3, 0.4) is 0 Å². The number of aromatic nitrogens is 2. The molecule has 82 valence electrons. The van der Waals surface area contributed by atoms with Crippen LogP contribution in [-0.4, -0.2) is 5.27 Å². The molecule has 15 heavy (non-hydrogen) atoms. The zero-order valence-corrected chi connectivity index (χ0v) is 8.67. The zero-order chi connectivity index (χ0) is 10.7. The van der Waals surface area contributed by atoms with E-state index in [4.69, 9.17) is 4.52 Å². The largest absolute Gasteiger partial charge is 0.775 e. The Morgan fingerprint density at radius 1 is 1.47 bits per heavy atom. The summed E-state index contributed by atoms with van der Waals surface area (Å²) >= 11 is 0. The average molecular weight is 210 g/mol. The lowest BCUT2D eigenvalue weighted by molar-refractivity contribution is -0.787. The predicted molar refractivity (Wildman–Crippen MR) is 51.3 cm³/mol. The predicted octanol–water partition coefficient (Wildman–Crippen LogP) is 2.29. The van der Waals surface area contributed by atoms with E-state index in [0.29, 0.717) is 6.04 Å². The lowest BCUT2D eigenvalue weighted by Crippen LogP contribution is -2.42. The molecule has 0 N–H and O–H groups in total. The van der Waals surface area contributed by atoms with Crippen LogP contribution in [0, 0.1) is 11.1 Å². The van der Waals surface area contributed by atoms with Crippen molar-refractivity contribution in [1.29, 1.82) is 0 Å². The van der Waals surface area contributed by atoms with Gasteiger partial charge < -0.3 is 5.21 Å². The molecule has 1 heterocycles. The molecule has 1 aliphatic carbocycles. The normalized spacial score (nSPS) is 27.3. The van der Waals surface area contributed by atoms with Gasteiger partial charge >= 0.3 is 5.88 Å². The van der Waals surface area contributed by atoms with Gasteiger partial charge in [-0.2, -0.15) is 0 Å². The molecule has 0 aliphatic heterocycles. The summed E-state index contributed by atoms with van der Waals surface area (Å²) in [5, 5.41) is 19.4. The Morgan fingerprint density at radius 2 is 2.20 bits per heavy atom. The third-order valence-electron chi connectivity index (χ3n) is 2.97. The minimum Gasteiger partial charge on any atom is -0.775 e. The summed E-state index contributed by atoms with van der Waals surface area (Å²) in [5.41, 5.74) is 0. The van der Waals surface area contributed by atoms with E-state index in [-0.39, 0.29) is 5.88 Å². The van der Waals surface area contributed by atoms with E-state index in [1.54, 1.807) is 10.9 Å². The maximum atomic E-state index is 9.89. The van der Waals surface area contributed by atoms with Crippen molar-refractivity contribution in [3.8, 4) is 0 Å². The van der Waals surface area contributed by atoms with E-state index in [9.17, 15) is 5.21 Å². The first-order valence-corrected chi connectivity index (χ1v) is 5.21. The molecule has 1 fully saturated rings. The van der Waals surface area contributed by atoms with E-state index < -0.39 is 0 Å². The van der Waals surface area contributed by atoms with Crippen molar-refractivity contribution in [3.63, 3.8) is 0 Å². The molecule has 0 unspecified atom stereocenters. The molecule has 6 nitrogen and oxygen atoms in total. The highest BCUT2D eigenvalue weighted by Crippen LogP contribution is 2.28. The summed E-state index contributed by atoms with van der Waals surface area (Å²) < 4.78 is 6.58. The van der Waals surface area contributed by atoms with Gasteiger partial charge in [-0.05, 0) is 23.4 Å². The van der Waals surface area contributed by atoms with Crippen molar-refractivity contribution in [2.24, 2.45) is 16.3 Å². The summed E-state index contributed by atoms with van der Waals surface area (Å²) in [6.45, 7) is 2.26. The van der Waals surface area contributed by atoms with Crippen LogP contribution in [0.4, 0.5) is 5.88 Å². The number of hydrogen-bond donors (Lipinski definition) is 0. The smallest absolute Gasteiger partial charge is 0.339 e. The van der Waals surface area contributed by atoms with Crippen LogP contribution in [0.2, 0.25) is 0 Å². The highest BCUT2D eigenvalue weighted by molar-refractivity contribution is 5.09. The molecule has 1 aromatic heterocycles. The molecule has 0 spiro atoms. The Hall–Kier alpha value is -1.46. The lowest BCUT2D eigenvalue weighted by atomic mass is 9.87. The van der Waals surface area contributed by atoms with E-state index >= 15 is 0 Å². The molecule has 1 saturated carbocycles. The number of hydrogen-bond acceptors (Lipinski definition) is 5. The first-order valence-electron chi connectivity index (χ1n) is 5.21. The highest BCUT2D eigenvalue weighted by Gasteiger charge is 2.28. The molecular formula is C9H14N4O2. The summed E-state index contributed by atoms with van der Waals surface area (Å²) in [6, 6.07) is 0.376. The van der Waals surface area contributed by atoms with Gasteiger partial charge in [0.1, 0.15) is 0 Å². The topological polar surface area (TPSA) is 77.7 Å². The Kier molecular flexibility index (Phi) is 2.94. The van der Waals surface area contributed by atoms with Gasteiger partial charge in [0.05, 0.1) is 0 Å². The maximum absolute atomic E-state index is 9.89. The van der Waals surface area contributed by atoms with E-state index in [1.165, 1.54) is 12.8 Å². The fourth-order valence-electron chi connectivity index (χ4n) is 2.01. The second-order valence-corrected chi connectivity index (χ2v) is 4.12. The second kappa shape index (κ2) is 4.37. The van der Waals surface area contributed by atoms with Crippen molar-refractivity contribution in [3.05, 3.63) is 11.4 Å². The summed E-state index contributed by atoms with van der Waals surface area (Å²) in [5.74, 6) is 0.971. The third-order valence-corrected chi connectivity index (χ3v) is 2.97. The monoisotopic (exact) mass is 210 g/mol. The molecule has 0 radical (unpaired) electrons. The molecule has 0 aromatic carbocycles. The summed E-state index contributed by atoms with van der Waals surface area (Å²) in [4.78, 5) is 0. The van der Waals surface area contributed by atoms with E-state index in [0.717, 1.165) is 18.8 Å². The van der Waals surface area contributed by atoms with Crippen molar-refractivity contribution in [2.75, 3.05) is 0 Å². The van der Waals surface area contributed by atoms with Crippen molar-refractivity contribution >= 4 is 5.88 Å². The van der Waals surface area contributed by atoms with Crippen LogP contribution < -0.4 is 4.68 Å². The lowest BCUT2D eigenvalue weighted by Gasteiger charge is -2.19. The molecule has 0 bridgehead atoms. The molecule has 0 amide bonds. The molecule has 2 rings (SSSR count). The first-order chi connectivity index (χ1) is 7.29. The van der Waals surface area contributed by atoms with Crippen LogP contribution in [0.25, 0.3) is 0 Å². The van der Waals surface area contributed by atoms with Gasteiger partial charge in [-0.15, -0.1) is 5.11 Å². The van der Waals surface area contributed by atoms with Crippen LogP contribution in [0.5, 0.6) is 0 Å². The Morgan fingerprint density at radius 3 is 2.87 bits per heavy atom. The quantitative estimate of drug-likeness (QED) is 0.427. The van der Waals surface area contributed by atoms with Crippen LogP contribution >= 0.6 is 0 Å². The molecule has 1 aromatic rings. The standard InChI is InChI=1S/C9H14N4O2/c1-7-2-4-8(5-3-7)13-6-9(10-11-14)15-12-13/h6-8H,2-5H2,1H3. The zero-order valence-electron chi connectivity index (χ0n) is 8.67. The Labute approximate surface area is 87.5 Å².